The van der Waals surface area contributed by atoms with Crippen molar-refractivity contribution >= 4 is 15.9 Å². The Hall–Kier alpha value is 0.170. The van der Waals surface area contributed by atoms with E-state index in [4.69, 9.17) is 5.11 Å². The van der Waals surface area contributed by atoms with E-state index >= 15 is 0 Å². The van der Waals surface area contributed by atoms with Crippen LogP contribution in [0.3, 0.4) is 0 Å². The fourth-order valence-electron chi connectivity index (χ4n) is 0.559. The van der Waals surface area contributed by atoms with Gasteiger partial charge in [-0.3, -0.25) is 4.79 Å². The van der Waals surface area contributed by atoms with Gasteiger partial charge in [0.05, 0.1) is 4.47 Å². The third-order valence-corrected chi connectivity index (χ3v) is 1.70. The number of aromatic hydroxyl groups is 1. The Morgan fingerprint density at radius 1 is 1.27 bits per heavy atom. The van der Waals surface area contributed by atoms with Crippen molar-refractivity contribution in [1.29, 1.82) is 0 Å². The van der Waals surface area contributed by atoms with Crippen molar-refractivity contribution in [3.05, 3.63) is 39.0 Å². The predicted molar refractivity (Wildman–Crippen MR) is 42.1 cm³/mol. The molecule has 1 rings (SSSR count). The van der Waals surface area contributed by atoms with Crippen molar-refractivity contribution in [1.82, 2.24) is 0 Å². The Labute approximate surface area is 94.7 Å². The molecule has 0 saturated carbocycles. The zero-order chi connectivity index (χ0) is 7.56. The van der Waals surface area contributed by atoms with Gasteiger partial charge in [0, 0.05) is 0 Å². The second-order valence-electron chi connectivity index (χ2n) is 1.78. The van der Waals surface area contributed by atoms with Gasteiger partial charge >= 0.3 is 29.6 Å². The minimum Gasteiger partial charge on any atom is -0.503 e. The molecular formula is C7H5BrNaO2+. The molecule has 0 aliphatic heterocycles. The molecule has 0 atom stereocenters. The largest absolute Gasteiger partial charge is 1.00 e. The van der Waals surface area contributed by atoms with E-state index in [0.717, 1.165) is 0 Å². The first-order valence-corrected chi connectivity index (χ1v) is 3.49. The smallest absolute Gasteiger partial charge is 0.503 e. The van der Waals surface area contributed by atoms with Crippen LogP contribution >= 0.6 is 15.9 Å². The summed E-state index contributed by atoms with van der Waals surface area (Å²) in [4.78, 5) is 10.8. The van der Waals surface area contributed by atoms with Crippen LogP contribution in [0.1, 0.15) is 0 Å². The van der Waals surface area contributed by atoms with E-state index in [2.05, 4.69) is 15.9 Å². The monoisotopic (exact) mass is 223 g/mol. The summed E-state index contributed by atoms with van der Waals surface area (Å²) in [7, 11) is 0. The molecule has 0 radical (unpaired) electrons. The summed E-state index contributed by atoms with van der Waals surface area (Å²) in [6.45, 7) is 0. The molecular weight excluding hydrogens is 219 g/mol. The van der Waals surface area contributed by atoms with Crippen molar-refractivity contribution in [2.75, 3.05) is 0 Å². The van der Waals surface area contributed by atoms with Gasteiger partial charge < -0.3 is 5.11 Å². The molecule has 0 amide bonds. The molecule has 0 aromatic heterocycles. The van der Waals surface area contributed by atoms with Gasteiger partial charge in [-0.05, 0) is 28.1 Å². The summed E-state index contributed by atoms with van der Waals surface area (Å²) in [5, 5.41) is 9.01. The fraction of sp³-hybridized carbons (Fsp3) is 0. The normalized spacial score (nSPS) is 8.45. The minimum atomic E-state index is -0.378. The quantitative estimate of drug-likeness (QED) is 0.545. The molecule has 0 fully saturated rings. The van der Waals surface area contributed by atoms with Gasteiger partial charge in [-0.1, -0.05) is 12.1 Å². The van der Waals surface area contributed by atoms with Crippen molar-refractivity contribution in [3.8, 4) is 5.75 Å². The summed E-state index contributed by atoms with van der Waals surface area (Å²) < 4.78 is 0.419. The van der Waals surface area contributed by atoms with Crippen LogP contribution in [0.4, 0.5) is 0 Å². The van der Waals surface area contributed by atoms with Crippen LogP contribution in [0.2, 0.25) is 0 Å². The average Bonchev–Trinajstić information content (AvgIpc) is 2.04. The van der Waals surface area contributed by atoms with Crippen LogP contribution in [-0.4, -0.2) is 5.11 Å². The first-order valence-electron chi connectivity index (χ1n) is 2.69. The summed E-state index contributed by atoms with van der Waals surface area (Å²) in [6.07, 6.45) is 0. The van der Waals surface area contributed by atoms with Crippen LogP contribution in [0.25, 0.3) is 0 Å². The number of rotatable bonds is 0. The predicted octanol–water partition coefficient (Wildman–Crippen LogP) is -1.48. The molecule has 0 unspecified atom stereocenters. The summed E-state index contributed by atoms with van der Waals surface area (Å²) in [5.74, 6) is -0.245. The van der Waals surface area contributed by atoms with E-state index in [1.165, 1.54) is 6.07 Å². The maximum atomic E-state index is 10.8. The average molecular weight is 224 g/mol. The second kappa shape index (κ2) is 4.93. The maximum absolute atomic E-state index is 10.8. The number of hydrogen-bond donors (Lipinski definition) is 1. The van der Waals surface area contributed by atoms with E-state index in [1.54, 1.807) is 18.2 Å². The van der Waals surface area contributed by atoms with E-state index in [0.29, 0.717) is 4.47 Å². The van der Waals surface area contributed by atoms with E-state index in [-0.39, 0.29) is 40.7 Å². The van der Waals surface area contributed by atoms with Crippen LogP contribution < -0.4 is 35.0 Å². The SMILES string of the molecule is O=c1ccccc(Br)c1O.[Na+]. The maximum Gasteiger partial charge on any atom is 1.00 e. The van der Waals surface area contributed by atoms with Crippen molar-refractivity contribution in [2.45, 2.75) is 0 Å². The molecule has 11 heavy (non-hydrogen) atoms. The van der Waals surface area contributed by atoms with Gasteiger partial charge in [0.25, 0.3) is 0 Å². The molecule has 0 aliphatic rings. The molecule has 1 aromatic rings. The van der Waals surface area contributed by atoms with Gasteiger partial charge in [-0.25, -0.2) is 0 Å². The van der Waals surface area contributed by atoms with Crippen LogP contribution in [0, 0.1) is 0 Å². The molecule has 0 aliphatic carbocycles. The molecule has 1 N–H and O–H groups in total. The summed E-state index contributed by atoms with van der Waals surface area (Å²) >= 11 is 3.03. The van der Waals surface area contributed by atoms with Crippen LogP contribution in [0.5, 0.6) is 5.75 Å². The first kappa shape index (κ1) is 11.2. The molecule has 0 heterocycles. The molecule has 1 aromatic carbocycles. The zero-order valence-electron chi connectivity index (χ0n) is 6.04. The summed E-state index contributed by atoms with van der Waals surface area (Å²) in [6, 6.07) is 6.16. The zero-order valence-corrected chi connectivity index (χ0v) is 9.63. The van der Waals surface area contributed by atoms with E-state index < -0.39 is 0 Å². The third-order valence-electron chi connectivity index (χ3n) is 1.06. The van der Waals surface area contributed by atoms with Gasteiger partial charge in [0.15, 0.2) is 5.75 Å². The number of hydrogen-bond acceptors (Lipinski definition) is 2. The molecule has 0 spiro atoms. The topological polar surface area (TPSA) is 37.3 Å². The Balaban J connectivity index is 0.000001000. The Kier molecular flexibility index (Phi) is 5.01. The van der Waals surface area contributed by atoms with Gasteiger partial charge in [0.1, 0.15) is 0 Å². The van der Waals surface area contributed by atoms with Crippen LogP contribution in [0.15, 0.2) is 33.5 Å². The Morgan fingerprint density at radius 2 is 1.82 bits per heavy atom. The standard InChI is InChI=1S/C7H5BrO2.Na/c8-5-3-1-2-4-6(9)7(5)10;/h1-4H,(H,9,10);/q;+1. The van der Waals surface area contributed by atoms with Gasteiger partial charge in [0.2, 0.25) is 5.43 Å². The van der Waals surface area contributed by atoms with E-state index in [1.807, 2.05) is 0 Å². The third kappa shape index (κ3) is 2.95. The molecule has 52 valence electrons. The second-order valence-corrected chi connectivity index (χ2v) is 2.63. The fourth-order valence-corrected chi connectivity index (χ4v) is 0.907. The van der Waals surface area contributed by atoms with Gasteiger partial charge in [-0.2, -0.15) is 0 Å². The van der Waals surface area contributed by atoms with Crippen molar-refractivity contribution in [3.63, 3.8) is 0 Å². The summed E-state index contributed by atoms with van der Waals surface area (Å²) in [5.41, 5.74) is -0.378. The molecule has 0 bridgehead atoms. The van der Waals surface area contributed by atoms with E-state index in [9.17, 15) is 4.79 Å². The molecule has 4 heteroatoms. The van der Waals surface area contributed by atoms with Crippen LogP contribution in [-0.2, 0) is 0 Å². The minimum absolute atomic E-state index is 0. The molecule has 2 nitrogen and oxygen atoms in total. The van der Waals surface area contributed by atoms with Crippen molar-refractivity contribution < 1.29 is 34.7 Å². The first-order chi connectivity index (χ1) is 4.72. The Morgan fingerprint density at radius 3 is 2.45 bits per heavy atom. The Bertz CT molecular complexity index is 301. The van der Waals surface area contributed by atoms with Gasteiger partial charge in [-0.15, -0.1) is 0 Å². The molecule has 0 saturated heterocycles. The van der Waals surface area contributed by atoms with Crippen molar-refractivity contribution in [2.24, 2.45) is 0 Å². The number of halogens is 1.